The van der Waals surface area contributed by atoms with E-state index in [-0.39, 0.29) is 5.91 Å². The van der Waals surface area contributed by atoms with Gasteiger partial charge in [-0.2, -0.15) is 5.10 Å². The minimum atomic E-state index is -0.394. The first-order valence-corrected chi connectivity index (χ1v) is 10.4. The lowest BCUT2D eigenvalue weighted by Gasteiger charge is -2.22. The van der Waals surface area contributed by atoms with E-state index in [1.165, 1.54) is 6.07 Å². The number of carbonyl (C=O) groups excluding carboxylic acids is 1. The van der Waals surface area contributed by atoms with Gasteiger partial charge in [0.25, 0.3) is 5.91 Å². The van der Waals surface area contributed by atoms with E-state index in [2.05, 4.69) is 20.1 Å². The van der Waals surface area contributed by atoms with Gasteiger partial charge in [-0.05, 0) is 44.2 Å². The molecule has 1 aromatic carbocycles. The molecule has 8 heteroatoms. The number of likely N-dealkylation sites (N-methyl/N-ethyl adjacent to an activating group) is 1. The Morgan fingerprint density at radius 2 is 1.91 bits per heavy atom. The van der Waals surface area contributed by atoms with Gasteiger partial charge in [0.15, 0.2) is 11.6 Å². The highest BCUT2D eigenvalue weighted by Gasteiger charge is 2.20. The van der Waals surface area contributed by atoms with E-state index in [9.17, 15) is 9.18 Å². The summed E-state index contributed by atoms with van der Waals surface area (Å²) in [5.41, 5.74) is 3.11. The molecular weight excluding hydrogens is 407 g/mol. The molecule has 1 amide bonds. The van der Waals surface area contributed by atoms with Crippen LogP contribution in [0.2, 0.25) is 0 Å². The summed E-state index contributed by atoms with van der Waals surface area (Å²) >= 11 is 0. The van der Waals surface area contributed by atoms with Crippen LogP contribution < -0.4 is 0 Å². The van der Waals surface area contributed by atoms with Crippen molar-refractivity contribution in [3.05, 3.63) is 89.9 Å². The molecule has 3 heterocycles. The predicted octanol–water partition coefficient (Wildman–Crippen LogP) is 3.88. The van der Waals surface area contributed by atoms with Crippen molar-refractivity contribution in [1.29, 1.82) is 0 Å². The molecule has 7 nitrogen and oxygen atoms in total. The second kappa shape index (κ2) is 9.47. The molecule has 0 spiro atoms. The third kappa shape index (κ3) is 4.69. The smallest absolute Gasteiger partial charge is 0.254 e. The van der Waals surface area contributed by atoms with Crippen molar-refractivity contribution in [3.63, 3.8) is 0 Å². The van der Waals surface area contributed by atoms with Crippen molar-refractivity contribution in [2.75, 3.05) is 13.1 Å². The molecule has 0 bridgehead atoms. The van der Waals surface area contributed by atoms with E-state index in [1.807, 2.05) is 38.1 Å². The van der Waals surface area contributed by atoms with Gasteiger partial charge in [-0.15, -0.1) is 0 Å². The zero-order chi connectivity index (χ0) is 22.5. The average Bonchev–Trinajstić information content (AvgIpc) is 3.29. The molecule has 0 atom stereocenters. The Morgan fingerprint density at radius 1 is 1.09 bits per heavy atom. The summed E-state index contributed by atoms with van der Waals surface area (Å²) in [4.78, 5) is 27.9. The Bertz CT molecular complexity index is 1210. The Balaban J connectivity index is 1.51. The van der Waals surface area contributed by atoms with Gasteiger partial charge in [0.05, 0.1) is 17.5 Å². The van der Waals surface area contributed by atoms with Crippen LogP contribution in [0.1, 0.15) is 28.5 Å². The van der Waals surface area contributed by atoms with Crippen LogP contribution in [0.15, 0.2) is 67.3 Å². The van der Waals surface area contributed by atoms with Crippen LogP contribution in [-0.4, -0.2) is 48.6 Å². The van der Waals surface area contributed by atoms with Crippen molar-refractivity contribution < 1.29 is 9.18 Å². The number of aryl methyl sites for hydroxylation is 1. The van der Waals surface area contributed by atoms with E-state index < -0.39 is 5.82 Å². The molecule has 32 heavy (non-hydrogen) atoms. The molecule has 4 rings (SSSR count). The minimum Gasteiger partial charge on any atom is -0.339 e. The summed E-state index contributed by atoms with van der Waals surface area (Å²) < 4.78 is 14.7. The number of nitrogens with zero attached hydrogens (tertiary/aromatic N) is 6. The van der Waals surface area contributed by atoms with Gasteiger partial charge in [-0.25, -0.2) is 24.0 Å². The number of hydrogen-bond acceptors (Lipinski definition) is 5. The highest BCUT2D eigenvalue weighted by Crippen LogP contribution is 2.23. The molecule has 0 N–H and O–H groups in total. The highest BCUT2D eigenvalue weighted by atomic mass is 19.1. The van der Waals surface area contributed by atoms with E-state index >= 15 is 0 Å². The molecule has 0 unspecified atom stereocenters. The first kappa shape index (κ1) is 21.3. The van der Waals surface area contributed by atoms with Crippen LogP contribution in [0.5, 0.6) is 0 Å². The summed E-state index contributed by atoms with van der Waals surface area (Å²) in [6.07, 6.45) is 6.85. The Kier molecular flexibility index (Phi) is 6.30. The topological polar surface area (TPSA) is 76.8 Å². The molecular formula is C24H23FN6O. The Morgan fingerprint density at radius 3 is 2.62 bits per heavy atom. The molecule has 0 aliphatic heterocycles. The molecule has 0 aliphatic carbocycles. The molecule has 0 saturated heterocycles. The van der Waals surface area contributed by atoms with Gasteiger partial charge in [0, 0.05) is 43.7 Å². The first-order chi connectivity index (χ1) is 15.5. The van der Waals surface area contributed by atoms with Crippen molar-refractivity contribution in [3.8, 4) is 17.2 Å². The molecule has 0 saturated carbocycles. The van der Waals surface area contributed by atoms with Crippen LogP contribution in [0.4, 0.5) is 4.39 Å². The lowest BCUT2D eigenvalue weighted by molar-refractivity contribution is 0.0766. The fourth-order valence-electron chi connectivity index (χ4n) is 3.42. The SMILES string of the molecule is CCN(CCc1ccn(-c2ccc(F)cn2)n1)C(=O)c1cc(C)ccc1-c1ncccn1. The van der Waals surface area contributed by atoms with Crippen molar-refractivity contribution in [2.45, 2.75) is 20.3 Å². The highest BCUT2D eigenvalue weighted by molar-refractivity contribution is 6.00. The van der Waals surface area contributed by atoms with Crippen molar-refractivity contribution in [2.24, 2.45) is 0 Å². The molecule has 162 valence electrons. The number of carbonyl (C=O) groups is 1. The fourth-order valence-corrected chi connectivity index (χ4v) is 3.42. The second-order valence-corrected chi connectivity index (χ2v) is 7.34. The largest absolute Gasteiger partial charge is 0.339 e. The monoisotopic (exact) mass is 430 g/mol. The van der Waals surface area contributed by atoms with E-state index in [0.717, 1.165) is 17.5 Å². The number of aromatic nitrogens is 5. The molecule has 0 aliphatic rings. The third-order valence-electron chi connectivity index (χ3n) is 5.11. The Hall–Kier alpha value is -3.94. The summed E-state index contributed by atoms with van der Waals surface area (Å²) in [6, 6.07) is 12.3. The molecule has 0 radical (unpaired) electrons. The summed E-state index contributed by atoms with van der Waals surface area (Å²) in [6.45, 7) is 4.97. The number of rotatable bonds is 7. The van der Waals surface area contributed by atoms with Gasteiger partial charge in [0.2, 0.25) is 0 Å². The molecule has 3 aromatic heterocycles. The average molecular weight is 430 g/mol. The standard InChI is InChI=1S/C24H23FN6O/c1-3-30(13-9-19-10-14-31(29-19)22-8-6-18(25)16-28-22)24(32)21-15-17(2)5-7-20(21)23-26-11-4-12-27-23/h4-8,10-12,14-16H,3,9,13H2,1-2H3. The maximum atomic E-state index is 13.4. The Labute approximate surface area is 185 Å². The summed E-state index contributed by atoms with van der Waals surface area (Å²) in [7, 11) is 0. The molecule has 4 aromatic rings. The van der Waals surface area contributed by atoms with Crippen LogP contribution in [-0.2, 0) is 6.42 Å². The number of pyridine rings is 1. The second-order valence-electron chi connectivity index (χ2n) is 7.34. The van der Waals surface area contributed by atoms with Gasteiger partial charge in [-0.1, -0.05) is 17.7 Å². The van der Waals surface area contributed by atoms with E-state index in [1.54, 1.807) is 40.3 Å². The summed E-state index contributed by atoms with van der Waals surface area (Å²) in [5, 5.41) is 4.50. The van der Waals surface area contributed by atoms with Gasteiger partial charge < -0.3 is 4.90 Å². The van der Waals surface area contributed by atoms with Crippen LogP contribution in [0, 0.1) is 12.7 Å². The van der Waals surface area contributed by atoms with Crippen molar-refractivity contribution >= 4 is 5.91 Å². The fraction of sp³-hybridized carbons (Fsp3) is 0.208. The first-order valence-electron chi connectivity index (χ1n) is 10.4. The normalized spacial score (nSPS) is 10.8. The van der Waals surface area contributed by atoms with Gasteiger partial charge in [0.1, 0.15) is 5.82 Å². The van der Waals surface area contributed by atoms with Crippen LogP contribution in [0.25, 0.3) is 17.2 Å². The number of hydrogen-bond donors (Lipinski definition) is 0. The van der Waals surface area contributed by atoms with Crippen LogP contribution in [0.3, 0.4) is 0 Å². The zero-order valence-electron chi connectivity index (χ0n) is 17.9. The molecule has 0 fully saturated rings. The predicted molar refractivity (Wildman–Crippen MR) is 119 cm³/mol. The van der Waals surface area contributed by atoms with E-state index in [0.29, 0.717) is 42.3 Å². The van der Waals surface area contributed by atoms with E-state index in [4.69, 9.17) is 0 Å². The van der Waals surface area contributed by atoms with Gasteiger partial charge >= 0.3 is 0 Å². The third-order valence-corrected chi connectivity index (χ3v) is 5.11. The quantitative estimate of drug-likeness (QED) is 0.445. The van der Waals surface area contributed by atoms with Crippen LogP contribution >= 0.6 is 0 Å². The number of halogens is 1. The number of benzene rings is 1. The number of amides is 1. The van der Waals surface area contributed by atoms with Gasteiger partial charge in [-0.3, -0.25) is 4.79 Å². The maximum Gasteiger partial charge on any atom is 0.254 e. The minimum absolute atomic E-state index is 0.0710. The zero-order valence-corrected chi connectivity index (χ0v) is 17.9. The lowest BCUT2D eigenvalue weighted by atomic mass is 10.0. The lowest BCUT2D eigenvalue weighted by Crippen LogP contribution is -2.33. The summed E-state index contributed by atoms with van der Waals surface area (Å²) in [5.74, 6) is 0.596. The van der Waals surface area contributed by atoms with Crippen molar-refractivity contribution in [1.82, 2.24) is 29.6 Å². The maximum absolute atomic E-state index is 13.4.